The van der Waals surface area contributed by atoms with Crippen LogP contribution in [0.15, 0.2) is 65.2 Å². The molecule has 1 saturated heterocycles. The molecule has 6 nitrogen and oxygen atoms in total. The standard InChI is InChI=1S/C24H25NO5/c26-24(10-9-18-11-12-27-15-18)23-14-22(30-25-23)17-28-16-19-5-4-8-21(13-19)29-20-6-2-1-3-7-20/h1-8,13-14,18H,9-12,15-17H2. The molecule has 0 radical (unpaired) electrons. The van der Waals surface area contributed by atoms with Crippen LogP contribution in [0.25, 0.3) is 0 Å². The molecule has 0 saturated carbocycles. The maximum Gasteiger partial charge on any atom is 0.184 e. The predicted octanol–water partition coefficient (Wildman–Crippen LogP) is 5.18. The molecule has 30 heavy (non-hydrogen) atoms. The SMILES string of the molecule is O=C(CCC1CCOC1)c1cc(COCc2cccc(Oc3ccccc3)c2)on1. The van der Waals surface area contributed by atoms with E-state index in [1.165, 1.54) is 0 Å². The Morgan fingerprint density at radius 2 is 1.90 bits per heavy atom. The van der Waals surface area contributed by atoms with Crippen LogP contribution < -0.4 is 4.74 Å². The van der Waals surface area contributed by atoms with E-state index in [0.717, 1.165) is 43.1 Å². The molecular formula is C24H25NO5. The molecule has 0 spiro atoms. The summed E-state index contributed by atoms with van der Waals surface area (Å²) in [7, 11) is 0. The maximum atomic E-state index is 12.3. The molecule has 1 unspecified atom stereocenters. The number of nitrogens with zero attached hydrogens (tertiary/aromatic N) is 1. The summed E-state index contributed by atoms with van der Waals surface area (Å²) in [5.74, 6) is 2.56. The number of Topliss-reactive ketones (excluding diaryl/α,β-unsaturated/α-hetero) is 1. The largest absolute Gasteiger partial charge is 0.457 e. The first-order valence-electron chi connectivity index (χ1n) is 10.2. The van der Waals surface area contributed by atoms with Crippen molar-refractivity contribution >= 4 is 5.78 Å². The number of ether oxygens (including phenoxy) is 3. The highest BCUT2D eigenvalue weighted by atomic mass is 16.5. The second-order valence-corrected chi connectivity index (χ2v) is 7.43. The number of aromatic nitrogens is 1. The van der Waals surface area contributed by atoms with Gasteiger partial charge in [0.25, 0.3) is 0 Å². The normalized spacial score (nSPS) is 15.9. The molecule has 1 aliphatic heterocycles. The van der Waals surface area contributed by atoms with Crippen molar-refractivity contribution in [3.8, 4) is 11.5 Å². The van der Waals surface area contributed by atoms with Gasteiger partial charge in [0.05, 0.1) is 6.61 Å². The fourth-order valence-corrected chi connectivity index (χ4v) is 3.38. The van der Waals surface area contributed by atoms with E-state index in [-0.39, 0.29) is 12.4 Å². The van der Waals surface area contributed by atoms with Gasteiger partial charge in [-0.1, -0.05) is 35.5 Å². The lowest BCUT2D eigenvalue weighted by Crippen LogP contribution is -2.05. The molecule has 2 heterocycles. The zero-order chi connectivity index (χ0) is 20.6. The van der Waals surface area contributed by atoms with Crippen LogP contribution in [0.5, 0.6) is 11.5 Å². The number of benzene rings is 2. The minimum absolute atomic E-state index is 0.00246. The Labute approximate surface area is 175 Å². The number of ketones is 1. The predicted molar refractivity (Wildman–Crippen MR) is 110 cm³/mol. The van der Waals surface area contributed by atoms with Crippen LogP contribution in [-0.4, -0.2) is 24.2 Å². The average Bonchev–Trinajstić information content (AvgIpc) is 3.45. The molecule has 1 fully saturated rings. The summed E-state index contributed by atoms with van der Waals surface area (Å²) >= 11 is 0. The lowest BCUT2D eigenvalue weighted by Gasteiger charge is -2.07. The van der Waals surface area contributed by atoms with Gasteiger partial charge in [-0.15, -0.1) is 0 Å². The van der Waals surface area contributed by atoms with E-state index in [1.807, 2.05) is 54.6 Å². The third-order valence-electron chi connectivity index (χ3n) is 5.04. The van der Waals surface area contributed by atoms with E-state index >= 15 is 0 Å². The van der Waals surface area contributed by atoms with E-state index in [9.17, 15) is 4.79 Å². The fraction of sp³-hybridized carbons (Fsp3) is 0.333. The lowest BCUT2D eigenvalue weighted by atomic mass is 10.00. The molecular weight excluding hydrogens is 382 g/mol. The van der Waals surface area contributed by atoms with Gasteiger partial charge in [0.2, 0.25) is 0 Å². The number of para-hydroxylation sites is 1. The highest BCUT2D eigenvalue weighted by molar-refractivity contribution is 5.94. The summed E-state index contributed by atoms with van der Waals surface area (Å²) < 4.78 is 22.2. The molecule has 0 bridgehead atoms. The number of rotatable bonds is 10. The smallest absolute Gasteiger partial charge is 0.184 e. The van der Waals surface area contributed by atoms with Crippen molar-refractivity contribution in [2.24, 2.45) is 5.92 Å². The van der Waals surface area contributed by atoms with Gasteiger partial charge < -0.3 is 18.7 Å². The second kappa shape index (κ2) is 10.2. The monoisotopic (exact) mass is 407 g/mol. The zero-order valence-corrected chi connectivity index (χ0v) is 16.8. The Balaban J connectivity index is 1.23. The third-order valence-corrected chi connectivity index (χ3v) is 5.04. The summed E-state index contributed by atoms with van der Waals surface area (Å²) in [5, 5.41) is 3.89. The van der Waals surface area contributed by atoms with Crippen LogP contribution >= 0.6 is 0 Å². The minimum Gasteiger partial charge on any atom is -0.457 e. The molecule has 4 rings (SSSR count). The summed E-state index contributed by atoms with van der Waals surface area (Å²) in [6.45, 7) is 2.20. The summed E-state index contributed by atoms with van der Waals surface area (Å²) in [6, 6.07) is 19.0. The quantitative estimate of drug-likeness (QED) is 0.431. The molecule has 3 aromatic rings. The van der Waals surface area contributed by atoms with Gasteiger partial charge in [-0.25, -0.2) is 0 Å². The highest BCUT2D eigenvalue weighted by Gasteiger charge is 2.19. The van der Waals surface area contributed by atoms with Crippen molar-refractivity contribution in [1.82, 2.24) is 5.16 Å². The molecule has 0 aliphatic carbocycles. The maximum absolute atomic E-state index is 12.3. The van der Waals surface area contributed by atoms with Gasteiger partial charge in [0.15, 0.2) is 11.5 Å². The van der Waals surface area contributed by atoms with Gasteiger partial charge in [-0.2, -0.15) is 0 Å². The van der Waals surface area contributed by atoms with Crippen molar-refractivity contribution in [3.05, 3.63) is 77.7 Å². The van der Waals surface area contributed by atoms with E-state index < -0.39 is 0 Å². The van der Waals surface area contributed by atoms with Crippen molar-refractivity contribution in [1.29, 1.82) is 0 Å². The van der Waals surface area contributed by atoms with E-state index in [2.05, 4.69) is 5.16 Å². The van der Waals surface area contributed by atoms with Crippen LogP contribution in [-0.2, 0) is 22.7 Å². The Hall–Kier alpha value is -2.96. The molecule has 1 atom stereocenters. The Morgan fingerprint density at radius 1 is 1.03 bits per heavy atom. The summed E-state index contributed by atoms with van der Waals surface area (Å²) in [6.07, 6.45) is 2.33. The molecule has 0 amide bonds. The fourth-order valence-electron chi connectivity index (χ4n) is 3.38. The number of carbonyl (C=O) groups excluding carboxylic acids is 1. The van der Waals surface area contributed by atoms with E-state index in [0.29, 0.717) is 30.4 Å². The first kappa shape index (κ1) is 20.3. The highest BCUT2D eigenvalue weighted by Crippen LogP contribution is 2.23. The van der Waals surface area contributed by atoms with Crippen molar-refractivity contribution in [2.45, 2.75) is 32.5 Å². The summed E-state index contributed by atoms with van der Waals surface area (Å²) in [4.78, 5) is 12.3. The Morgan fingerprint density at radius 3 is 2.73 bits per heavy atom. The number of carbonyl (C=O) groups is 1. The van der Waals surface area contributed by atoms with Crippen LogP contribution in [0.3, 0.4) is 0 Å². The van der Waals surface area contributed by atoms with Gasteiger partial charge in [-0.3, -0.25) is 4.79 Å². The van der Waals surface area contributed by atoms with Gasteiger partial charge in [-0.05, 0) is 48.6 Å². The average molecular weight is 407 g/mol. The minimum atomic E-state index is 0.00246. The molecule has 2 aromatic carbocycles. The molecule has 1 aliphatic rings. The molecule has 6 heteroatoms. The molecule has 156 valence electrons. The lowest BCUT2D eigenvalue weighted by molar-refractivity contribution is 0.0878. The van der Waals surface area contributed by atoms with Gasteiger partial charge >= 0.3 is 0 Å². The van der Waals surface area contributed by atoms with Crippen molar-refractivity contribution in [2.75, 3.05) is 13.2 Å². The van der Waals surface area contributed by atoms with Crippen LogP contribution in [0.1, 0.15) is 41.1 Å². The number of hydrogen-bond acceptors (Lipinski definition) is 6. The van der Waals surface area contributed by atoms with Crippen LogP contribution in [0.2, 0.25) is 0 Å². The zero-order valence-electron chi connectivity index (χ0n) is 16.8. The van der Waals surface area contributed by atoms with Gasteiger partial charge in [0, 0.05) is 25.7 Å². The Kier molecular flexibility index (Phi) is 6.90. The third kappa shape index (κ3) is 5.78. The van der Waals surface area contributed by atoms with Crippen LogP contribution in [0, 0.1) is 5.92 Å². The van der Waals surface area contributed by atoms with Crippen molar-refractivity contribution < 1.29 is 23.5 Å². The van der Waals surface area contributed by atoms with E-state index in [4.69, 9.17) is 18.7 Å². The first-order chi connectivity index (χ1) is 14.8. The second-order valence-electron chi connectivity index (χ2n) is 7.43. The van der Waals surface area contributed by atoms with Crippen molar-refractivity contribution in [3.63, 3.8) is 0 Å². The summed E-state index contributed by atoms with van der Waals surface area (Å²) in [5.41, 5.74) is 1.35. The Bertz CT molecular complexity index is 947. The first-order valence-corrected chi connectivity index (χ1v) is 10.2. The molecule has 1 aromatic heterocycles. The molecule has 0 N–H and O–H groups in total. The van der Waals surface area contributed by atoms with Gasteiger partial charge in [0.1, 0.15) is 23.8 Å². The van der Waals surface area contributed by atoms with E-state index in [1.54, 1.807) is 6.07 Å². The topological polar surface area (TPSA) is 70.8 Å². The van der Waals surface area contributed by atoms with Crippen LogP contribution in [0.4, 0.5) is 0 Å². The number of hydrogen-bond donors (Lipinski definition) is 0.